The van der Waals surface area contributed by atoms with Crippen molar-refractivity contribution < 1.29 is 14.6 Å². The minimum Gasteiger partial charge on any atom is -0.386 e. The highest BCUT2D eigenvalue weighted by Crippen LogP contribution is 2.17. The Hall–Kier alpha value is -1.39. The smallest absolute Gasteiger partial charge is 0.246 e. The largest absolute Gasteiger partial charge is 0.386 e. The van der Waals surface area contributed by atoms with E-state index in [-0.39, 0.29) is 18.6 Å². The van der Waals surface area contributed by atoms with E-state index in [0.717, 1.165) is 5.56 Å². The van der Waals surface area contributed by atoms with E-state index in [1.54, 1.807) is 0 Å². The minimum absolute atomic E-state index is 0.0814. The molecule has 0 aliphatic carbocycles. The quantitative estimate of drug-likeness (QED) is 0.730. The lowest BCUT2D eigenvalue weighted by Crippen LogP contribution is -2.48. The van der Waals surface area contributed by atoms with Gasteiger partial charge >= 0.3 is 0 Å². The zero-order chi connectivity index (χ0) is 10.7. The van der Waals surface area contributed by atoms with Crippen LogP contribution in [0.3, 0.4) is 0 Å². The molecule has 0 spiro atoms. The van der Waals surface area contributed by atoms with Gasteiger partial charge in [0.15, 0.2) is 0 Å². The van der Waals surface area contributed by atoms with Crippen molar-refractivity contribution in [2.75, 3.05) is 13.2 Å². The van der Waals surface area contributed by atoms with Crippen LogP contribution in [0.4, 0.5) is 0 Å². The third kappa shape index (κ3) is 2.34. The number of ether oxygens (including phenoxy) is 1. The van der Waals surface area contributed by atoms with Crippen molar-refractivity contribution in [2.24, 2.45) is 0 Å². The Bertz CT molecular complexity index is 339. The number of amides is 1. The second-order valence-electron chi connectivity index (χ2n) is 3.54. The van der Waals surface area contributed by atoms with E-state index in [1.807, 2.05) is 30.3 Å². The Morgan fingerprint density at radius 3 is 2.80 bits per heavy atom. The third-order valence-electron chi connectivity index (χ3n) is 2.40. The van der Waals surface area contributed by atoms with Crippen LogP contribution in [0.5, 0.6) is 0 Å². The Kier molecular flexibility index (Phi) is 2.99. The highest BCUT2D eigenvalue weighted by molar-refractivity contribution is 5.78. The molecule has 1 amide bonds. The molecule has 1 unspecified atom stereocenters. The van der Waals surface area contributed by atoms with Gasteiger partial charge in [-0.1, -0.05) is 30.3 Å². The summed E-state index contributed by atoms with van der Waals surface area (Å²) in [5, 5.41) is 12.7. The van der Waals surface area contributed by atoms with Gasteiger partial charge in [-0.3, -0.25) is 4.79 Å². The molecule has 1 aliphatic rings. The van der Waals surface area contributed by atoms with Crippen molar-refractivity contribution in [2.45, 2.75) is 12.1 Å². The number of hydrogen-bond donors (Lipinski definition) is 2. The molecule has 4 heteroatoms. The molecular formula is C11H13NO3. The minimum atomic E-state index is -0.713. The van der Waals surface area contributed by atoms with Gasteiger partial charge in [-0.25, -0.2) is 0 Å². The summed E-state index contributed by atoms with van der Waals surface area (Å²) in [6.45, 7) is 0.430. The predicted octanol–water partition coefficient (Wildman–Crippen LogP) is 0.235. The molecule has 1 aliphatic heterocycles. The van der Waals surface area contributed by atoms with Gasteiger partial charge in [-0.05, 0) is 5.56 Å². The summed E-state index contributed by atoms with van der Waals surface area (Å²) in [5.41, 5.74) is 0.785. The number of carbonyl (C=O) groups is 1. The molecule has 15 heavy (non-hydrogen) atoms. The summed E-state index contributed by atoms with van der Waals surface area (Å²) < 4.78 is 5.06. The molecule has 2 rings (SSSR count). The van der Waals surface area contributed by atoms with Crippen LogP contribution in [0.2, 0.25) is 0 Å². The van der Waals surface area contributed by atoms with Gasteiger partial charge < -0.3 is 15.2 Å². The monoisotopic (exact) mass is 207 g/mol. The highest BCUT2D eigenvalue weighted by atomic mass is 16.5. The van der Waals surface area contributed by atoms with Gasteiger partial charge in [0.1, 0.15) is 12.7 Å². The average molecular weight is 207 g/mol. The second kappa shape index (κ2) is 4.42. The van der Waals surface area contributed by atoms with Gasteiger partial charge in [0.2, 0.25) is 5.91 Å². The second-order valence-corrected chi connectivity index (χ2v) is 3.54. The maximum Gasteiger partial charge on any atom is 0.246 e. The molecule has 0 bridgehead atoms. The molecular weight excluding hydrogens is 194 g/mol. The molecule has 1 saturated heterocycles. The zero-order valence-electron chi connectivity index (χ0n) is 8.22. The van der Waals surface area contributed by atoms with E-state index in [0.29, 0.717) is 6.61 Å². The van der Waals surface area contributed by atoms with Crippen LogP contribution in [0.1, 0.15) is 11.7 Å². The molecule has 0 saturated carbocycles. The lowest BCUT2D eigenvalue weighted by molar-refractivity contribution is -0.133. The first kappa shape index (κ1) is 10.1. The first-order valence-corrected chi connectivity index (χ1v) is 4.87. The van der Waals surface area contributed by atoms with E-state index in [4.69, 9.17) is 4.74 Å². The normalized spacial score (nSPS) is 23.3. The van der Waals surface area contributed by atoms with Crippen LogP contribution in [0.15, 0.2) is 30.3 Å². The molecule has 2 atom stereocenters. The highest BCUT2D eigenvalue weighted by Gasteiger charge is 2.26. The van der Waals surface area contributed by atoms with Crippen LogP contribution in [-0.4, -0.2) is 30.3 Å². The average Bonchev–Trinajstić information content (AvgIpc) is 2.29. The number of benzene rings is 1. The van der Waals surface area contributed by atoms with Gasteiger partial charge in [0.25, 0.3) is 0 Å². The Balaban J connectivity index is 2.07. The van der Waals surface area contributed by atoms with Crippen molar-refractivity contribution in [3.8, 4) is 0 Å². The van der Waals surface area contributed by atoms with E-state index < -0.39 is 6.10 Å². The number of aliphatic hydroxyl groups is 1. The fraction of sp³-hybridized carbons (Fsp3) is 0.364. The molecule has 2 N–H and O–H groups in total. The molecule has 1 aromatic carbocycles. The topological polar surface area (TPSA) is 58.6 Å². The number of nitrogens with one attached hydrogen (secondary N) is 1. The number of hydrogen-bond acceptors (Lipinski definition) is 3. The first-order valence-electron chi connectivity index (χ1n) is 4.87. The van der Waals surface area contributed by atoms with Crippen LogP contribution in [-0.2, 0) is 9.53 Å². The van der Waals surface area contributed by atoms with Crippen LogP contribution in [0.25, 0.3) is 0 Å². The molecule has 0 aromatic heterocycles. The molecule has 4 nitrogen and oxygen atoms in total. The summed E-state index contributed by atoms with van der Waals surface area (Å²) in [6, 6.07) is 8.88. The lowest BCUT2D eigenvalue weighted by atomic mass is 10.0. The fourth-order valence-corrected chi connectivity index (χ4v) is 1.62. The standard InChI is InChI=1S/C11H13NO3/c13-10-7-15-6-9(12-10)11(14)8-4-2-1-3-5-8/h1-5,9,11,14H,6-7H2,(H,12,13)/t9-,11?/m1/s1. The Labute approximate surface area is 87.9 Å². The fourth-order valence-electron chi connectivity index (χ4n) is 1.62. The van der Waals surface area contributed by atoms with Gasteiger partial charge in [0, 0.05) is 0 Å². The summed E-state index contributed by atoms with van der Waals surface area (Å²) >= 11 is 0. The van der Waals surface area contributed by atoms with E-state index in [1.165, 1.54) is 0 Å². The van der Waals surface area contributed by atoms with Crippen LogP contribution in [0, 0.1) is 0 Å². The number of aliphatic hydroxyl groups excluding tert-OH is 1. The molecule has 1 fully saturated rings. The summed E-state index contributed by atoms with van der Waals surface area (Å²) in [4.78, 5) is 11.1. The Morgan fingerprint density at radius 2 is 2.13 bits per heavy atom. The summed E-state index contributed by atoms with van der Waals surface area (Å²) in [5.74, 6) is -0.179. The number of rotatable bonds is 2. The number of morpholine rings is 1. The maximum absolute atomic E-state index is 11.1. The van der Waals surface area contributed by atoms with Crippen molar-refractivity contribution in [1.82, 2.24) is 5.32 Å². The number of carbonyl (C=O) groups excluding carboxylic acids is 1. The maximum atomic E-state index is 11.1. The van der Waals surface area contributed by atoms with Crippen molar-refractivity contribution >= 4 is 5.91 Å². The van der Waals surface area contributed by atoms with E-state index >= 15 is 0 Å². The Morgan fingerprint density at radius 1 is 1.40 bits per heavy atom. The van der Waals surface area contributed by atoms with Crippen molar-refractivity contribution in [3.63, 3.8) is 0 Å². The van der Waals surface area contributed by atoms with E-state index in [9.17, 15) is 9.90 Å². The lowest BCUT2D eigenvalue weighted by Gasteiger charge is -2.27. The van der Waals surface area contributed by atoms with Crippen molar-refractivity contribution in [3.05, 3.63) is 35.9 Å². The zero-order valence-corrected chi connectivity index (χ0v) is 8.22. The van der Waals surface area contributed by atoms with Gasteiger partial charge in [0.05, 0.1) is 12.6 Å². The van der Waals surface area contributed by atoms with E-state index in [2.05, 4.69) is 5.32 Å². The first-order chi connectivity index (χ1) is 7.27. The predicted molar refractivity (Wildman–Crippen MR) is 54.2 cm³/mol. The molecule has 1 aromatic rings. The molecule has 0 radical (unpaired) electrons. The summed E-state index contributed by atoms with van der Waals surface area (Å²) in [6.07, 6.45) is -0.713. The summed E-state index contributed by atoms with van der Waals surface area (Å²) in [7, 11) is 0. The van der Waals surface area contributed by atoms with Crippen molar-refractivity contribution in [1.29, 1.82) is 0 Å². The van der Waals surface area contributed by atoms with Crippen LogP contribution < -0.4 is 5.32 Å². The van der Waals surface area contributed by atoms with Gasteiger partial charge in [-0.2, -0.15) is 0 Å². The third-order valence-corrected chi connectivity index (χ3v) is 2.40. The SMILES string of the molecule is O=C1COC[C@H](C(O)c2ccccc2)N1. The van der Waals surface area contributed by atoms with Crippen LogP contribution >= 0.6 is 0 Å². The molecule has 1 heterocycles. The van der Waals surface area contributed by atoms with Gasteiger partial charge in [-0.15, -0.1) is 0 Å². The molecule has 80 valence electrons.